The molecule has 0 aromatic carbocycles. The van der Waals surface area contributed by atoms with Crippen molar-refractivity contribution in [2.45, 2.75) is 269 Å². The normalized spacial score (nSPS) is 20.0. The molecule has 0 aromatic heterocycles. The van der Waals surface area contributed by atoms with E-state index >= 15 is 0 Å². The first-order chi connectivity index (χ1) is 36.7. The smallest absolute Gasteiger partial charge is 0.306 e. The third-order valence-electron chi connectivity index (χ3n) is 13.3. The number of hydrogen-bond donors (Lipinski definition) is 6. The van der Waals surface area contributed by atoms with Crippen molar-refractivity contribution >= 4 is 11.9 Å². The summed E-state index contributed by atoms with van der Waals surface area (Å²) in [5, 5.41) is 56.9. The van der Waals surface area contributed by atoms with Gasteiger partial charge in [0.05, 0.1) is 25.4 Å². The first-order valence-corrected chi connectivity index (χ1v) is 29.7. The Hall–Kier alpha value is -3.68. The molecule has 428 valence electrons. The van der Waals surface area contributed by atoms with E-state index in [1.165, 1.54) is 83.5 Å². The van der Waals surface area contributed by atoms with Crippen LogP contribution in [0, 0.1) is 0 Å². The number of aliphatic hydroxyl groups excluding tert-OH is 5. The third-order valence-corrected chi connectivity index (χ3v) is 13.3. The summed E-state index contributed by atoms with van der Waals surface area (Å²) in [5.41, 5.74) is 0. The summed E-state index contributed by atoms with van der Waals surface area (Å²) in [6, 6.07) is -1.06. The molecule has 11 nitrogen and oxygen atoms in total. The Labute approximate surface area is 456 Å². The van der Waals surface area contributed by atoms with Gasteiger partial charge in [-0.25, -0.2) is 0 Å². The number of nitrogens with one attached hydrogen (secondary N) is 1. The lowest BCUT2D eigenvalue weighted by atomic mass is 9.99. The van der Waals surface area contributed by atoms with Gasteiger partial charge in [0, 0.05) is 6.42 Å². The Balaban J connectivity index is 2.77. The summed E-state index contributed by atoms with van der Waals surface area (Å²) < 4.78 is 17.6. The fourth-order valence-corrected chi connectivity index (χ4v) is 8.59. The fourth-order valence-electron chi connectivity index (χ4n) is 8.59. The van der Waals surface area contributed by atoms with Crippen LogP contribution in [0.3, 0.4) is 0 Å². The molecule has 0 spiro atoms. The monoisotopic (exact) mass is 1050 g/mol. The molecule has 1 amide bonds. The molecule has 11 heteroatoms. The first-order valence-electron chi connectivity index (χ1n) is 29.7. The summed E-state index contributed by atoms with van der Waals surface area (Å²) in [6.07, 6.45) is 58.3. The summed E-state index contributed by atoms with van der Waals surface area (Å²) >= 11 is 0. The Morgan fingerprint density at radius 3 is 1.57 bits per heavy atom. The van der Waals surface area contributed by atoms with Crippen molar-refractivity contribution in [3.8, 4) is 0 Å². The van der Waals surface area contributed by atoms with Crippen LogP contribution in [0.15, 0.2) is 109 Å². The van der Waals surface area contributed by atoms with Crippen molar-refractivity contribution in [2.75, 3.05) is 13.2 Å². The zero-order valence-corrected chi connectivity index (χ0v) is 47.1. The van der Waals surface area contributed by atoms with Crippen LogP contribution in [0.1, 0.15) is 220 Å². The number of ether oxygens (including phenoxy) is 3. The molecule has 8 unspecified atom stereocenters. The second-order valence-electron chi connectivity index (χ2n) is 20.1. The van der Waals surface area contributed by atoms with Gasteiger partial charge in [0.25, 0.3) is 0 Å². The van der Waals surface area contributed by atoms with Gasteiger partial charge in [-0.05, 0) is 77.0 Å². The van der Waals surface area contributed by atoms with Gasteiger partial charge in [0.2, 0.25) is 5.91 Å². The van der Waals surface area contributed by atoms with Crippen LogP contribution in [0.4, 0.5) is 0 Å². The Kier molecular flexibility index (Phi) is 47.2. The number of esters is 1. The molecule has 75 heavy (non-hydrogen) atoms. The van der Waals surface area contributed by atoms with Crippen LogP contribution < -0.4 is 5.32 Å². The van der Waals surface area contributed by atoms with Crippen molar-refractivity contribution in [1.82, 2.24) is 5.32 Å². The average molecular weight is 1050 g/mol. The number of hydrogen-bond acceptors (Lipinski definition) is 10. The number of amides is 1. The molecule has 0 aliphatic carbocycles. The van der Waals surface area contributed by atoms with Gasteiger partial charge >= 0.3 is 5.97 Å². The molecule has 1 aliphatic heterocycles. The summed E-state index contributed by atoms with van der Waals surface area (Å²) in [5.74, 6) is -1.26. The highest BCUT2D eigenvalue weighted by atomic mass is 16.7. The topological polar surface area (TPSA) is 175 Å². The van der Waals surface area contributed by atoms with Crippen molar-refractivity contribution in [3.05, 3.63) is 109 Å². The number of unbranched alkanes of at least 4 members (excludes halogenated alkanes) is 23. The van der Waals surface area contributed by atoms with E-state index in [0.29, 0.717) is 12.8 Å². The maximum atomic E-state index is 13.4. The second kappa shape index (κ2) is 51.1. The van der Waals surface area contributed by atoms with E-state index in [1.807, 2.05) is 72.9 Å². The third kappa shape index (κ3) is 39.4. The standard InChI is InChI=1S/C64H107NO10/c1-4-7-10-13-16-19-22-25-27-29-31-34-37-40-43-46-49-52-59(69)75-62-61(71)60(70)58(53-66)74-64(62)73-54-55(56(67)50-47-44-41-38-35-32-24-21-18-15-12-9-6-3)65-63(72)57(68)51-48-45-42-39-36-33-30-28-26-23-20-17-14-11-8-5-2/h8,11,14,16-17,19-20,23,25-28,30,33,36,39,47,50,55-58,60-62,64,66-68,70-71H,4-7,9-10,12-13,15,18,21-22,24,29,31-32,34-35,37-38,40-46,48-49,51-54H2,1-3H3,(H,65,72)/b11-8-,17-14+,19-16-,23-20+,27-25-,28-26-,33-30+,39-36+,50-47+. The highest BCUT2D eigenvalue weighted by molar-refractivity contribution is 5.80. The van der Waals surface area contributed by atoms with E-state index in [2.05, 4.69) is 56.5 Å². The fraction of sp³-hybridized carbons (Fsp3) is 0.688. The van der Waals surface area contributed by atoms with Gasteiger partial charge in [-0.3, -0.25) is 9.59 Å². The van der Waals surface area contributed by atoms with Gasteiger partial charge in [0.1, 0.15) is 24.4 Å². The maximum absolute atomic E-state index is 13.4. The predicted molar refractivity (Wildman–Crippen MR) is 310 cm³/mol. The van der Waals surface area contributed by atoms with Gasteiger partial charge in [0.15, 0.2) is 12.4 Å². The molecule has 1 heterocycles. The van der Waals surface area contributed by atoms with Crippen molar-refractivity contribution < 1.29 is 49.3 Å². The molecule has 0 bridgehead atoms. The average Bonchev–Trinajstić information content (AvgIpc) is 3.41. The lowest BCUT2D eigenvalue weighted by molar-refractivity contribution is -0.305. The molecule has 0 aromatic rings. The zero-order chi connectivity index (χ0) is 54.7. The highest BCUT2D eigenvalue weighted by Gasteiger charge is 2.47. The Morgan fingerprint density at radius 1 is 0.547 bits per heavy atom. The van der Waals surface area contributed by atoms with Gasteiger partial charge in [-0.15, -0.1) is 0 Å². The summed E-state index contributed by atoms with van der Waals surface area (Å²) in [4.78, 5) is 26.5. The van der Waals surface area contributed by atoms with Crippen molar-refractivity contribution in [3.63, 3.8) is 0 Å². The minimum Gasteiger partial charge on any atom is -0.454 e. The molecule has 1 aliphatic rings. The second-order valence-corrected chi connectivity index (χ2v) is 20.1. The maximum Gasteiger partial charge on any atom is 0.306 e. The van der Waals surface area contributed by atoms with Crippen LogP contribution in [-0.2, 0) is 23.8 Å². The largest absolute Gasteiger partial charge is 0.454 e. The molecular formula is C64H107NO10. The van der Waals surface area contributed by atoms with Gasteiger partial charge in [-0.2, -0.15) is 0 Å². The Bertz CT molecular complexity index is 1630. The van der Waals surface area contributed by atoms with Crippen LogP contribution in [-0.4, -0.2) is 99.6 Å². The lowest BCUT2D eigenvalue weighted by Crippen LogP contribution is -2.61. The lowest BCUT2D eigenvalue weighted by Gasteiger charge is -2.41. The zero-order valence-electron chi connectivity index (χ0n) is 47.1. The molecule has 0 saturated carbocycles. The number of carbonyl (C=O) groups is 2. The number of rotatable bonds is 48. The highest BCUT2D eigenvalue weighted by Crippen LogP contribution is 2.26. The number of carbonyl (C=O) groups excluding carboxylic acids is 2. The van der Waals surface area contributed by atoms with Gasteiger partial charge < -0.3 is 45.1 Å². The molecule has 1 saturated heterocycles. The van der Waals surface area contributed by atoms with Crippen molar-refractivity contribution in [2.24, 2.45) is 0 Å². The van der Waals surface area contributed by atoms with E-state index in [4.69, 9.17) is 14.2 Å². The molecular weight excluding hydrogens is 943 g/mol. The predicted octanol–water partition coefficient (Wildman–Crippen LogP) is 13.7. The quantitative estimate of drug-likeness (QED) is 0.0149. The summed E-state index contributed by atoms with van der Waals surface area (Å²) in [7, 11) is 0. The molecule has 0 radical (unpaired) electrons. The number of allylic oxidation sites excluding steroid dienone is 17. The van der Waals surface area contributed by atoms with Gasteiger partial charge in [-0.1, -0.05) is 246 Å². The number of aliphatic hydroxyl groups is 5. The van der Waals surface area contributed by atoms with E-state index in [1.54, 1.807) is 6.08 Å². The van der Waals surface area contributed by atoms with Crippen LogP contribution in [0.25, 0.3) is 0 Å². The SMILES string of the molecule is CC\C=C/C=C/C=C/C=C\C=C\C=C\CCCCC(O)C(=O)NC(COC1OC(CO)C(O)C(O)C1OC(=O)CCCCCCCCC/C=C\C/C=C\CCCCC)C(O)/C=C/CCCCCCCCCCCCC. The Morgan fingerprint density at radius 2 is 1.01 bits per heavy atom. The van der Waals surface area contributed by atoms with E-state index < -0.39 is 67.4 Å². The first kappa shape index (κ1) is 69.3. The molecule has 1 fully saturated rings. The molecule has 8 atom stereocenters. The van der Waals surface area contributed by atoms with E-state index in [0.717, 1.165) is 89.9 Å². The molecule has 1 rings (SSSR count). The summed E-state index contributed by atoms with van der Waals surface area (Å²) in [6.45, 7) is 5.57. The van der Waals surface area contributed by atoms with Crippen LogP contribution in [0.2, 0.25) is 0 Å². The minimum atomic E-state index is -1.63. The van der Waals surface area contributed by atoms with Crippen LogP contribution in [0.5, 0.6) is 0 Å². The minimum absolute atomic E-state index is 0.103. The van der Waals surface area contributed by atoms with Crippen molar-refractivity contribution in [1.29, 1.82) is 0 Å². The van der Waals surface area contributed by atoms with E-state index in [9.17, 15) is 35.1 Å². The molecule has 6 N–H and O–H groups in total. The van der Waals surface area contributed by atoms with E-state index in [-0.39, 0.29) is 19.4 Å². The van der Waals surface area contributed by atoms with Crippen LogP contribution >= 0.6 is 0 Å².